The Hall–Kier alpha value is -0.510. The molecule has 1 aromatic rings. The molecule has 0 bridgehead atoms. The van der Waals surface area contributed by atoms with Crippen LogP contribution in [0.3, 0.4) is 0 Å². The normalized spacial score (nSPS) is 18.4. The highest BCUT2D eigenvalue weighted by Crippen LogP contribution is 2.17. The van der Waals surface area contributed by atoms with E-state index < -0.39 is 0 Å². The molecule has 2 rings (SSSR count). The molecular formula is C16H26N2S. The Kier molecular flexibility index (Phi) is 6.21. The van der Waals surface area contributed by atoms with E-state index in [4.69, 9.17) is 0 Å². The molecule has 1 unspecified atom stereocenters. The number of thioether (sulfide) groups is 1. The lowest BCUT2D eigenvalue weighted by molar-refractivity contribution is 0.294. The van der Waals surface area contributed by atoms with E-state index in [2.05, 4.69) is 60.1 Å². The van der Waals surface area contributed by atoms with Crippen molar-refractivity contribution >= 4 is 11.8 Å². The molecule has 1 aromatic carbocycles. The van der Waals surface area contributed by atoms with Gasteiger partial charge in [0.2, 0.25) is 0 Å². The van der Waals surface area contributed by atoms with Gasteiger partial charge >= 0.3 is 0 Å². The first-order valence-corrected chi connectivity index (χ1v) is 8.55. The van der Waals surface area contributed by atoms with Crippen LogP contribution in [-0.4, -0.2) is 42.6 Å². The molecule has 1 atom stereocenters. The molecule has 0 spiro atoms. The zero-order valence-electron chi connectivity index (χ0n) is 12.2. The van der Waals surface area contributed by atoms with Crippen LogP contribution in [0.1, 0.15) is 30.5 Å². The first kappa shape index (κ1) is 14.9. The van der Waals surface area contributed by atoms with E-state index in [0.29, 0.717) is 6.04 Å². The summed E-state index contributed by atoms with van der Waals surface area (Å²) in [4.78, 5) is 2.57. The third kappa shape index (κ3) is 4.83. The average Bonchev–Trinajstić information content (AvgIpc) is 2.46. The van der Waals surface area contributed by atoms with Crippen molar-refractivity contribution in [2.45, 2.75) is 26.3 Å². The van der Waals surface area contributed by atoms with Crippen LogP contribution in [0.25, 0.3) is 0 Å². The molecule has 0 aliphatic carbocycles. The Labute approximate surface area is 122 Å². The van der Waals surface area contributed by atoms with Crippen molar-refractivity contribution in [2.75, 3.05) is 37.7 Å². The van der Waals surface area contributed by atoms with Crippen LogP contribution in [-0.2, 0) is 0 Å². The minimum Gasteiger partial charge on any atom is -0.309 e. The lowest BCUT2D eigenvalue weighted by atomic mass is 10.0. The molecule has 2 nitrogen and oxygen atoms in total. The van der Waals surface area contributed by atoms with Crippen molar-refractivity contribution in [3.05, 3.63) is 35.4 Å². The first-order chi connectivity index (χ1) is 9.29. The molecule has 1 fully saturated rings. The zero-order chi connectivity index (χ0) is 13.5. The highest BCUT2D eigenvalue weighted by atomic mass is 32.2. The highest BCUT2D eigenvalue weighted by Gasteiger charge is 2.12. The molecule has 0 radical (unpaired) electrons. The Balaban J connectivity index is 1.77. The fraction of sp³-hybridized carbons (Fsp3) is 0.625. The fourth-order valence-corrected chi connectivity index (χ4v) is 3.50. The minimum atomic E-state index is 0.500. The largest absolute Gasteiger partial charge is 0.309 e. The lowest BCUT2D eigenvalue weighted by Crippen LogP contribution is -2.38. The predicted molar refractivity (Wildman–Crippen MR) is 86.0 cm³/mol. The number of rotatable bonds is 6. The van der Waals surface area contributed by atoms with Crippen LogP contribution in [0.4, 0.5) is 0 Å². The molecule has 1 saturated heterocycles. The van der Waals surface area contributed by atoms with Gasteiger partial charge in [-0.3, -0.25) is 0 Å². The van der Waals surface area contributed by atoms with Crippen LogP contribution >= 0.6 is 11.8 Å². The van der Waals surface area contributed by atoms with Crippen LogP contribution < -0.4 is 5.32 Å². The lowest BCUT2D eigenvalue weighted by Gasteiger charge is -2.27. The van der Waals surface area contributed by atoms with E-state index in [1.807, 2.05) is 0 Å². The molecule has 1 aliphatic heterocycles. The molecule has 19 heavy (non-hydrogen) atoms. The van der Waals surface area contributed by atoms with Gasteiger partial charge in [0.05, 0.1) is 0 Å². The number of nitrogens with one attached hydrogen (secondary N) is 1. The Morgan fingerprint density at radius 2 is 1.89 bits per heavy atom. The van der Waals surface area contributed by atoms with Gasteiger partial charge in [-0.2, -0.15) is 11.8 Å². The predicted octanol–water partition coefficient (Wildman–Crippen LogP) is 3.08. The Morgan fingerprint density at radius 3 is 2.53 bits per heavy atom. The molecule has 0 saturated carbocycles. The summed E-state index contributed by atoms with van der Waals surface area (Å²) in [6.45, 7) is 9.20. The van der Waals surface area contributed by atoms with E-state index in [9.17, 15) is 0 Å². The summed E-state index contributed by atoms with van der Waals surface area (Å²) >= 11 is 2.08. The van der Waals surface area contributed by atoms with E-state index >= 15 is 0 Å². The Morgan fingerprint density at radius 1 is 1.21 bits per heavy atom. The summed E-state index contributed by atoms with van der Waals surface area (Å²) in [6, 6.07) is 9.44. The summed E-state index contributed by atoms with van der Waals surface area (Å²) in [7, 11) is 0. The minimum absolute atomic E-state index is 0.500. The maximum atomic E-state index is 3.70. The topological polar surface area (TPSA) is 15.3 Å². The maximum Gasteiger partial charge on any atom is 0.0318 e. The molecular weight excluding hydrogens is 252 g/mol. The van der Waals surface area contributed by atoms with Crippen molar-refractivity contribution in [2.24, 2.45) is 0 Å². The van der Waals surface area contributed by atoms with E-state index in [1.54, 1.807) is 0 Å². The van der Waals surface area contributed by atoms with Gasteiger partial charge in [-0.15, -0.1) is 0 Å². The van der Waals surface area contributed by atoms with Crippen molar-refractivity contribution in [3.8, 4) is 0 Å². The zero-order valence-corrected chi connectivity index (χ0v) is 13.0. The van der Waals surface area contributed by atoms with E-state index in [-0.39, 0.29) is 0 Å². The standard InChI is InChI=1S/C16H26N2S/c1-3-16(15-6-4-14(2)5-7-15)17-8-9-18-10-12-19-13-11-18/h4-7,16-17H,3,8-13H2,1-2H3. The number of aryl methyl sites for hydroxylation is 1. The molecule has 0 aromatic heterocycles. The maximum absolute atomic E-state index is 3.70. The molecule has 1 aliphatic rings. The molecule has 106 valence electrons. The van der Waals surface area contributed by atoms with Gasteiger partial charge in [0.25, 0.3) is 0 Å². The van der Waals surface area contributed by atoms with Gasteiger partial charge in [-0.1, -0.05) is 36.8 Å². The average molecular weight is 278 g/mol. The Bertz CT molecular complexity index is 358. The molecule has 3 heteroatoms. The highest BCUT2D eigenvalue weighted by molar-refractivity contribution is 7.99. The summed E-state index contributed by atoms with van der Waals surface area (Å²) in [5.41, 5.74) is 2.76. The first-order valence-electron chi connectivity index (χ1n) is 7.39. The second kappa shape index (κ2) is 7.93. The SMILES string of the molecule is CCC(NCCN1CCSCC1)c1ccc(C)cc1. The van der Waals surface area contributed by atoms with Crippen molar-refractivity contribution in [1.82, 2.24) is 10.2 Å². The summed E-state index contributed by atoms with van der Waals surface area (Å²) in [5.74, 6) is 2.60. The third-order valence-corrected chi connectivity index (χ3v) is 4.75. The molecule has 0 amide bonds. The van der Waals surface area contributed by atoms with Gasteiger partial charge in [-0.25, -0.2) is 0 Å². The van der Waals surface area contributed by atoms with Gasteiger partial charge in [0.15, 0.2) is 0 Å². The third-order valence-electron chi connectivity index (χ3n) is 3.81. The van der Waals surface area contributed by atoms with Gasteiger partial charge in [0, 0.05) is 43.7 Å². The number of hydrogen-bond donors (Lipinski definition) is 1. The van der Waals surface area contributed by atoms with Gasteiger partial charge in [0.1, 0.15) is 0 Å². The second-order valence-electron chi connectivity index (χ2n) is 5.28. The van der Waals surface area contributed by atoms with Crippen molar-refractivity contribution < 1.29 is 0 Å². The summed E-state index contributed by atoms with van der Waals surface area (Å²) in [5, 5.41) is 3.70. The van der Waals surface area contributed by atoms with Crippen LogP contribution in [0.5, 0.6) is 0 Å². The van der Waals surface area contributed by atoms with Crippen LogP contribution in [0.15, 0.2) is 24.3 Å². The van der Waals surface area contributed by atoms with Crippen LogP contribution in [0, 0.1) is 6.92 Å². The quantitative estimate of drug-likeness (QED) is 0.861. The van der Waals surface area contributed by atoms with Crippen molar-refractivity contribution in [3.63, 3.8) is 0 Å². The van der Waals surface area contributed by atoms with Crippen molar-refractivity contribution in [1.29, 1.82) is 0 Å². The fourth-order valence-electron chi connectivity index (χ4n) is 2.52. The number of nitrogens with zero attached hydrogens (tertiary/aromatic N) is 1. The molecule has 1 N–H and O–H groups in total. The second-order valence-corrected chi connectivity index (χ2v) is 6.50. The van der Waals surface area contributed by atoms with Crippen LogP contribution in [0.2, 0.25) is 0 Å². The van der Waals surface area contributed by atoms with E-state index in [0.717, 1.165) is 13.0 Å². The number of benzene rings is 1. The monoisotopic (exact) mass is 278 g/mol. The summed E-state index contributed by atoms with van der Waals surface area (Å²) in [6.07, 6.45) is 1.15. The summed E-state index contributed by atoms with van der Waals surface area (Å²) < 4.78 is 0. The van der Waals surface area contributed by atoms with Gasteiger partial charge < -0.3 is 10.2 Å². The van der Waals surface area contributed by atoms with E-state index in [1.165, 1.54) is 42.3 Å². The smallest absolute Gasteiger partial charge is 0.0318 e. The molecule has 1 heterocycles. The van der Waals surface area contributed by atoms with Gasteiger partial charge in [-0.05, 0) is 18.9 Å². The number of hydrogen-bond acceptors (Lipinski definition) is 3.